The Labute approximate surface area is 71.4 Å². The zero-order chi connectivity index (χ0) is 8.55. The lowest BCUT2D eigenvalue weighted by Gasteiger charge is -1.94. The molecular formula is C9H12N2O. The van der Waals surface area contributed by atoms with E-state index < -0.39 is 0 Å². The van der Waals surface area contributed by atoms with Gasteiger partial charge in [0.1, 0.15) is 5.69 Å². The number of hydrogen-bond acceptors (Lipinski definition) is 2. The number of nitrogens with zero attached hydrogens (tertiary/aromatic N) is 2. The first-order chi connectivity index (χ1) is 5.81. The molecule has 1 aromatic heterocycles. The average Bonchev–Trinajstić information content (AvgIpc) is 2.83. The van der Waals surface area contributed by atoms with E-state index in [1.165, 1.54) is 12.8 Å². The number of ketones is 1. The van der Waals surface area contributed by atoms with Gasteiger partial charge < -0.3 is 0 Å². The molecule has 1 aliphatic carbocycles. The van der Waals surface area contributed by atoms with E-state index in [-0.39, 0.29) is 5.78 Å². The Morgan fingerprint density at radius 1 is 1.75 bits per heavy atom. The van der Waals surface area contributed by atoms with E-state index in [1.807, 2.05) is 23.9 Å². The molecule has 1 aliphatic rings. The van der Waals surface area contributed by atoms with Crippen molar-refractivity contribution < 1.29 is 4.79 Å². The van der Waals surface area contributed by atoms with Gasteiger partial charge >= 0.3 is 0 Å². The summed E-state index contributed by atoms with van der Waals surface area (Å²) in [5.41, 5.74) is 0.615. The predicted molar refractivity (Wildman–Crippen MR) is 45.1 cm³/mol. The van der Waals surface area contributed by atoms with E-state index in [1.54, 1.807) is 0 Å². The third kappa shape index (κ3) is 1.26. The molecule has 64 valence electrons. The zero-order valence-corrected chi connectivity index (χ0v) is 7.16. The van der Waals surface area contributed by atoms with Crippen LogP contribution in [0.1, 0.15) is 42.7 Å². The van der Waals surface area contributed by atoms with Gasteiger partial charge in [-0.05, 0) is 18.9 Å². The Hall–Kier alpha value is -1.12. The molecule has 0 aromatic carbocycles. The summed E-state index contributed by atoms with van der Waals surface area (Å²) in [5, 5.41) is 4.21. The first-order valence-corrected chi connectivity index (χ1v) is 4.39. The van der Waals surface area contributed by atoms with Crippen LogP contribution in [0, 0.1) is 0 Å². The third-order valence-electron chi connectivity index (χ3n) is 2.14. The lowest BCUT2D eigenvalue weighted by molar-refractivity contribution is 0.0982. The quantitative estimate of drug-likeness (QED) is 0.638. The van der Waals surface area contributed by atoms with Crippen molar-refractivity contribution in [3.63, 3.8) is 0 Å². The van der Waals surface area contributed by atoms with Crippen LogP contribution >= 0.6 is 0 Å². The first-order valence-electron chi connectivity index (χ1n) is 4.39. The smallest absolute Gasteiger partial charge is 0.182 e. The number of carbonyl (C=O) groups excluding carboxylic acids is 1. The van der Waals surface area contributed by atoms with Crippen molar-refractivity contribution in [2.45, 2.75) is 32.2 Å². The fraction of sp³-hybridized carbons (Fsp3) is 0.556. The van der Waals surface area contributed by atoms with Crippen LogP contribution in [0.15, 0.2) is 12.3 Å². The third-order valence-corrected chi connectivity index (χ3v) is 2.14. The van der Waals surface area contributed by atoms with Gasteiger partial charge in [0.15, 0.2) is 5.78 Å². The van der Waals surface area contributed by atoms with Gasteiger partial charge in [0.05, 0.1) is 6.04 Å². The van der Waals surface area contributed by atoms with Crippen molar-refractivity contribution in [1.82, 2.24) is 9.78 Å². The Bertz CT molecular complexity index is 299. The van der Waals surface area contributed by atoms with Crippen molar-refractivity contribution in [3.8, 4) is 0 Å². The van der Waals surface area contributed by atoms with Gasteiger partial charge in [0.25, 0.3) is 0 Å². The summed E-state index contributed by atoms with van der Waals surface area (Å²) in [5.74, 6) is 0.134. The van der Waals surface area contributed by atoms with Gasteiger partial charge in [-0.15, -0.1) is 0 Å². The van der Waals surface area contributed by atoms with Gasteiger partial charge in [-0.25, -0.2) is 0 Å². The van der Waals surface area contributed by atoms with E-state index in [2.05, 4.69) is 5.10 Å². The molecule has 1 aromatic rings. The van der Waals surface area contributed by atoms with Crippen LogP contribution in [0.25, 0.3) is 0 Å². The predicted octanol–water partition coefficient (Wildman–Crippen LogP) is 1.81. The highest BCUT2D eigenvalue weighted by Crippen LogP contribution is 2.33. The Kier molecular flexibility index (Phi) is 1.71. The van der Waals surface area contributed by atoms with Crippen molar-refractivity contribution in [2.24, 2.45) is 0 Å². The van der Waals surface area contributed by atoms with Crippen molar-refractivity contribution >= 4 is 5.78 Å². The van der Waals surface area contributed by atoms with Crippen LogP contribution in [0.2, 0.25) is 0 Å². The molecular weight excluding hydrogens is 152 g/mol. The minimum atomic E-state index is 0.134. The molecule has 1 fully saturated rings. The SMILES string of the molecule is CCC(=O)c1ccn(C2CC2)n1. The van der Waals surface area contributed by atoms with Crippen molar-refractivity contribution in [3.05, 3.63) is 18.0 Å². The second-order valence-electron chi connectivity index (χ2n) is 3.19. The van der Waals surface area contributed by atoms with Crippen molar-refractivity contribution in [2.75, 3.05) is 0 Å². The minimum absolute atomic E-state index is 0.134. The molecule has 3 nitrogen and oxygen atoms in total. The average molecular weight is 164 g/mol. The fourth-order valence-electron chi connectivity index (χ4n) is 1.21. The molecule has 0 radical (unpaired) electrons. The summed E-state index contributed by atoms with van der Waals surface area (Å²) >= 11 is 0. The summed E-state index contributed by atoms with van der Waals surface area (Å²) in [6.45, 7) is 1.86. The van der Waals surface area contributed by atoms with E-state index >= 15 is 0 Å². The maximum Gasteiger partial charge on any atom is 0.182 e. The number of hydrogen-bond donors (Lipinski definition) is 0. The van der Waals surface area contributed by atoms with Gasteiger partial charge in [-0.1, -0.05) is 6.92 Å². The number of rotatable bonds is 3. The standard InChI is InChI=1S/C9H12N2O/c1-2-9(12)8-5-6-11(10-8)7-3-4-7/h5-7H,2-4H2,1H3. The molecule has 0 aliphatic heterocycles. The van der Waals surface area contributed by atoms with Crippen molar-refractivity contribution in [1.29, 1.82) is 0 Å². The second kappa shape index (κ2) is 2.73. The first kappa shape index (κ1) is 7.53. The summed E-state index contributed by atoms with van der Waals surface area (Å²) in [6, 6.07) is 2.38. The molecule has 0 N–H and O–H groups in total. The maximum absolute atomic E-state index is 11.2. The minimum Gasteiger partial charge on any atom is -0.292 e. The topological polar surface area (TPSA) is 34.9 Å². The van der Waals surface area contributed by atoms with E-state index in [4.69, 9.17) is 0 Å². The highest BCUT2D eigenvalue weighted by molar-refractivity contribution is 5.93. The molecule has 1 heterocycles. The van der Waals surface area contributed by atoms with Gasteiger partial charge in [-0.3, -0.25) is 9.48 Å². The normalized spacial score (nSPS) is 16.4. The molecule has 2 rings (SSSR count). The molecule has 0 saturated heterocycles. The van der Waals surface area contributed by atoms with E-state index in [0.717, 1.165) is 0 Å². The summed E-state index contributed by atoms with van der Waals surface area (Å²) in [7, 11) is 0. The summed E-state index contributed by atoms with van der Waals surface area (Å²) in [6.07, 6.45) is 4.87. The molecule has 0 amide bonds. The summed E-state index contributed by atoms with van der Waals surface area (Å²) < 4.78 is 1.91. The number of aromatic nitrogens is 2. The molecule has 0 unspecified atom stereocenters. The molecule has 3 heteroatoms. The van der Waals surface area contributed by atoms with Gasteiger partial charge in [-0.2, -0.15) is 5.10 Å². The largest absolute Gasteiger partial charge is 0.292 e. The monoisotopic (exact) mass is 164 g/mol. The Balaban J connectivity index is 2.17. The van der Waals surface area contributed by atoms with Crippen LogP contribution in [-0.2, 0) is 0 Å². The lowest BCUT2D eigenvalue weighted by Crippen LogP contribution is -2.00. The van der Waals surface area contributed by atoms with E-state index in [9.17, 15) is 4.79 Å². The zero-order valence-electron chi connectivity index (χ0n) is 7.16. The fourth-order valence-corrected chi connectivity index (χ4v) is 1.21. The number of carbonyl (C=O) groups is 1. The second-order valence-corrected chi connectivity index (χ2v) is 3.19. The highest BCUT2D eigenvalue weighted by Gasteiger charge is 2.24. The van der Waals surface area contributed by atoms with E-state index in [0.29, 0.717) is 18.2 Å². The molecule has 12 heavy (non-hydrogen) atoms. The Morgan fingerprint density at radius 2 is 2.50 bits per heavy atom. The van der Waals surface area contributed by atoms with Gasteiger partial charge in [0, 0.05) is 12.6 Å². The van der Waals surface area contributed by atoms with Crippen LogP contribution in [0.5, 0.6) is 0 Å². The maximum atomic E-state index is 11.2. The Morgan fingerprint density at radius 3 is 3.08 bits per heavy atom. The lowest BCUT2D eigenvalue weighted by atomic mass is 10.2. The van der Waals surface area contributed by atoms with Gasteiger partial charge in [0.2, 0.25) is 0 Å². The van der Waals surface area contributed by atoms with Crippen LogP contribution in [0.3, 0.4) is 0 Å². The van der Waals surface area contributed by atoms with Crippen LogP contribution in [-0.4, -0.2) is 15.6 Å². The summed E-state index contributed by atoms with van der Waals surface area (Å²) in [4.78, 5) is 11.2. The highest BCUT2D eigenvalue weighted by atomic mass is 16.1. The number of Topliss-reactive ketones (excluding diaryl/α,β-unsaturated/α-hetero) is 1. The molecule has 0 atom stereocenters. The molecule has 0 spiro atoms. The van der Waals surface area contributed by atoms with Crippen LogP contribution in [0.4, 0.5) is 0 Å². The molecule has 0 bridgehead atoms. The molecule has 1 saturated carbocycles. The van der Waals surface area contributed by atoms with Crippen LogP contribution < -0.4 is 0 Å².